The first kappa shape index (κ1) is 20.8. The van der Waals surface area contributed by atoms with E-state index in [1.807, 2.05) is 35.8 Å². The van der Waals surface area contributed by atoms with E-state index in [0.29, 0.717) is 35.6 Å². The molecule has 1 atom stereocenters. The van der Waals surface area contributed by atoms with Crippen molar-refractivity contribution in [3.05, 3.63) is 45.9 Å². The maximum absolute atomic E-state index is 13.7. The highest BCUT2D eigenvalue weighted by molar-refractivity contribution is 6.01. The van der Waals surface area contributed by atoms with Crippen LogP contribution in [0.15, 0.2) is 29.1 Å². The Morgan fingerprint density at radius 3 is 2.59 bits per heavy atom. The molecule has 3 aromatic rings. The van der Waals surface area contributed by atoms with Gasteiger partial charge in [-0.15, -0.1) is 0 Å². The lowest BCUT2D eigenvalue weighted by molar-refractivity contribution is 0.0690. The topological polar surface area (TPSA) is 101 Å². The molecule has 2 aliphatic rings. The van der Waals surface area contributed by atoms with Crippen LogP contribution in [0.5, 0.6) is 0 Å². The van der Waals surface area contributed by atoms with Crippen molar-refractivity contribution in [3.8, 4) is 11.3 Å². The molecule has 0 spiro atoms. The Kier molecular flexibility index (Phi) is 4.85. The minimum atomic E-state index is -0.268. The molecule has 8 heteroatoms. The van der Waals surface area contributed by atoms with E-state index in [4.69, 9.17) is 9.72 Å². The first-order valence-corrected chi connectivity index (χ1v) is 11.2. The minimum Gasteiger partial charge on any atom is -0.381 e. The monoisotopic (exact) mass is 435 g/mol. The maximum Gasteiger partial charge on any atom is 0.263 e. The van der Waals surface area contributed by atoms with Crippen LogP contribution in [0.3, 0.4) is 0 Å². The van der Waals surface area contributed by atoms with E-state index >= 15 is 0 Å². The SMILES string of the molecule is C[C@H]1NC(=O)c2cc(-c3cccc4c(=O)n(C5CCOCC5)c(NC(C)(C)C)nc34)[nH]c21. The smallest absolute Gasteiger partial charge is 0.263 e. The van der Waals surface area contributed by atoms with Crippen molar-refractivity contribution in [1.29, 1.82) is 0 Å². The fourth-order valence-corrected chi connectivity index (χ4v) is 4.64. The van der Waals surface area contributed by atoms with Gasteiger partial charge in [-0.3, -0.25) is 14.2 Å². The maximum atomic E-state index is 13.7. The van der Waals surface area contributed by atoms with E-state index in [-0.39, 0.29) is 29.1 Å². The number of benzene rings is 1. The van der Waals surface area contributed by atoms with E-state index in [0.717, 1.165) is 29.8 Å². The first-order valence-electron chi connectivity index (χ1n) is 11.2. The van der Waals surface area contributed by atoms with Gasteiger partial charge in [0.2, 0.25) is 5.95 Å². The number of para-hydroxylation sites is 1. The summed E-state index contributed by atoms with van der Waals surface area (Å²) in [5.74, 6) is 0.486. The van der Waals surface area contributed by atoms with Crippen molar-refractivity contribution in [1.82, 2.24) is 19.9 Å². The molecule has 32 heavy (non-hydrogen) atoms. The van der Waals surface area contributed by atoms with Gasteiger partial charge in [0.15, 0.2) is 0 Å². The molecule has 5 rings (SSSR count). The van der Waals surface area contributed by atoms with Crippen LogP contribution >= 0.6 is 0 Å². The quantitative estimate of drug-likeness (QED) is 0.582. The van der Waals surface area contributed by atoms with Gasteiger partial charge >= 0.3 is 0 Å². The number of aromatic amines is 1. The summed E-state index contributed by atoms with van der Waals surface area (Å²) in [5, 5.41) is 6.93. The summed E-state index contributed by atoms with van der Waals surface area (Å²) >= 11 is 0. The zero-order valence-electron chi connectivity index (χ0n) is 18.9. The number of carbonyl (C=O) groups is 1. The standard InChI is InChI=1S/C24H29N5O3/c1-13-19-17(21(30)25-13)12-18(26-19)15-6-5-7-16-20(15)27-23(28-24(2,3)4)29(22(16)31)14-8-10-32-11-9-14/h5-7,12-14,26H,8-11H2,1-4H3,(H,25,30)(H,27,28)/t13-/m1/s1. The average molecular weight is 436 g/mol. The van der Waals surface area contributed by atoms with Gasteiger partial charge in [0.1, 0.15) is 0 Å². The summed E-state index contributed by atoms with van der Waals surface area (Å²) in [6.45, 7) is 9.39. The molecule has 168 valence electrons. The Balaban J connectivity index is 1.72. The molecular weight excluding hydrogens is 406 g/mol. The third kappa shape index (κ3) is 3.48. The summed E-state index contributed by atoms with van der Waals surface area (Å²) in [5.41, 5.74) is 3.42. The number of hydrogen-bond donors (Lipinski definition) is 3. The zero-order chi connectivity index (χ0) is 22.6. The van der Waals surface area contributed by atoms with Gasteiger partial charge < -0.3 is 20.4 Å². The number of nitrogens with one attached hydrogen (secondary N) is 3. The van der Waals surface area contributed by atoms with Crippen LogP contribution in [0.2, 0.25) is 0 Å². The molecule has 0 bridgehead atoms. The molecule has 0 radical (unpaired) electrons. The van der Waals surface area contributed by atoms with E-state index in [1.54, 1.807) is 0 Å². The van der Waals surface area contributed by atoms with Gasteiger partial charge in [0.05, 0.1) is 28.2 Å². The van der Waals surface area contributed by atoms with Crippen molar-refractivity contribution >= 4 is 22.8 Å². The molecule has 2 aliphatic heterocycles. The Bertz CT molecular complexity index is 1260. The van der Waals surface area contributed by atoms with Crippen LogP contribution in [0.25, 0.3) is 22.2 Å². The Labute approximate surface area is 186 Å². The van der Waals surface area contributed by atoms with Crippen molar-refractivity contribution in [3.63, 3.8) is 0 Å². The molecule has 4 heterocycles. The molecule has 1 saturated heterocycles. The molecule has 1 fully saturated rings. The number of H-pyrrole nitrogens is 1. The Hall–Kier alpha value is -3.13. The van der Waals surface area contributed by atoms with Crippen LogP contribution in [0, 0.1) is 0 Å². The largest absolute Gasteiger partial charge is 0.381 e. The fourth-order valence-electron chi connectivity index (χ4n) is 4.64. The number of amides is 1. The van der Waals surface area contributed by atoms with Crippen LogP contribution in [-0.4, -0.2) is 39.2 Å². The molecule has 2 aromatic heterocycles. The number of fused-ring (bicyclic) bond motifs is 2. The highest BCUT2D eigenvalue weighted by Crippen LogP contribution is 2.33. The number of aromatic nitrogens is 3. The van der Waals surface area contributed by atoms with E-state index in [1.165, 1.54) is 0 Å². The first-order chi connectivity index (χ1) is 15.2. The van der Waals surface area contributed by atoms with E-state index in [9.17, 15) is 9.59 Å². The van der Waals surface area contributed by atoms with E-state index in [2.05, 4.69) is 36.4 Å². The lowest BCUT2D eigenvalue weighted by atomic mass is 10.1. The molecule has 3 N–H and O–H groups in total. The third-order valence-corrected chi connectivity index (χ3v) is 6.14. The summed E-state index contributed by atoms with van der Waals surface area (Å²) < 4.78 is 7.33. The van der Waals surface area contributed by atoms with Gasteiger partial charge in [-0.2, -0.15) is 0 Å². The molecule has 1 amide bonds. The predicted octanol–water partition coefficient (Wildman–Crippen LogP) is 3.76. The van der Waals surface area contributed by atoms with Crippen molar-refractivity contribution in [2.75, 3.05) is 18.5 Å². The third-order valence-electron chi connectivity index (χ3n) is 6.14. The average Bonchev–Trinajstić information content (AvgIpc) is 3.28. The van der Waals surface area contributed by atoms with Gasteiger partial charge in [-0.1, -0.05) is 12.1 Å². The van der Waals surface area contributed by atoms with Gasteiger partial charge in [0.25, 0.3) is 11.5 Å². The zero-order valence-corrected chi connectivity index (χ0v) is 18.9. The number of ether oxygens (including phenoxy) is 1. The summed E-state index contributed by atoms with van der Waals surface area (Å²) in [6.07, 6.45) is 1.56. The predicted molar refractivity (Wildman–Crippen MR) is 124 cm³/mol. The van der Waals surface area contributed by atoms with Crippen LogP contribution < -0.4 is 16.2 Å². The number of hydrogen-bond acceptors (Lipinski definition) is 5. The van der Waals surface area contributed by atoms with Gasteiger partial charge in [-0.25, -0.2) is 4.98 Å². The number of rotatable bonds is 3. The second-order valence-corrected chi connectivity index (χ2v) is 9.74. The Morgan fingerprint density at radius 1 is 1.16 bits per heavy atom. The van der Waals surface area contributed by atoms with Gasteiger partial charge in [-0.05, 0) is 52.7 Å². The molecular formula is C24H29N5O3. The Morgan fingerprint density at radius 2 is 1.91 bits per heavy atom. The molecule has 0 aliphatic carbocycles. The van der Waals surface area contributed by atoms with E-state index < -0.39 is 0 Å². The second-order valence-electron chi connectivity index (χ2n) is 9.74. The lowest BCUT2D eigenvalue weighted by Crippen LogP contribution is -2.36. The highest BCUT2D eigenvalue weighted by atomic mass is 16.5. The van der Waals surface area contributed by atoms with Crippen molar-refractivity contribution in [2.24, 2.45) is 0 Å². The van der Waals surface area contributed by atoms with Crippen LogP contribution in [-0.2, 0) is 4.74 Å². The molecule has 0 saturated carbocycles. The summed E-state index contributed by atoms with van der Waals surface area (Å²) in [7, 11) is 0. The fraction of sp³-hybridized carbons (Fsp3) is 0.458. The summed E-state index contributed by atoms with van der Waals surface area (Å²) in [4.78, 5) is 34.3. The van der Waals surface area contributed by atoms with Gasteiger partial charge in [0, 0.05) is 36.1 Å². The normalized spacial score (nSPS) is 19.2. The molecule has 0 unspecified atom stereocenters. The van der Waals surface area contributed by atoms with Crippen LogP contribution in [0.4, 0.5) is 5.95 Å². The number of nitrogens with zero attached hydrogens (tertiary/aromatic N) is 2. The number of anilines is 1. The van der Waals surface area contributed by atoms with Crippen molar-refractivity contribution in [2.45, 2.75) is 58.2 Å². The summed E-state index contributed by atoms with van der Waals surface area (Å²) in [6, 6.07) is 7.47. The minimum absolute atomic E-state index is 0.0421. The second kappa shape index (κ2) is 7.48. The van der Waals surface area contributed by atoms with Crippen LogP contribution in [0.1, 0.15) is 68.7 Å². The lowest BCUT2D eigenvalue weighted by Gasteiger charge is -2.30. The van der Waals surface area contributed by atoms with Crippen molar-refractivity contribution < 1.29 is 9.53 Å². The molecule has 8 nitrogen and oxygen atoms in total. The molecule has 1 aromatic carbocycles. The highest BCUT2D eigenvalue weighted by Gasteiger charge is 2.29. The number of carbonyl (C=O) groups excluding carboxylic acids is 1.